The van der Waals surface area contributed by atoms with Crippen LogP contribution in [0.3, 0.4) is 0 Å². The number of ether oxygens (including phenoxy) is 4. The number of hydrogen-bond acceptors (Lipinski definition) is 11. The van der Waals surface area contributed by atoms with E-state index in [1.807, 2.05) is 12.2 Å². The average molecular weight is 997 g/mol. The molecule has 13 heteroatoms. The summed E-state index contributed by atoms with van der Waals surface area (Å²) < 4.78 is 59.1. The maximum absolute atomic E-state index is 12.9. The van der Waals surface area contributed by atoms with Crippen LogP contribution in [0, 0.1) is 0 Å². The van der Waals surface area contributed by atoms with Crippen molar-refractivity contribution < 1.29 is 56.2 Å². The third kappa shape index (κ3) is 38.7. The van der Waals surface area contributed by atoms with Crippen molar-refractivity contribution in [3.8, 4) is 0 Å². The molecular weight excluding hydrogens is 909 g/mol. The minimum absolute atomic E-state index is 0.0197. The number of esters is 1. The van der Waals surface area contributed by atoms with Crippen molar-refractivity contribution in [2.45, 2.75) is 179 Å². The first kappa shape index (κ1) is 64.0. The number of unbranched alkanes of at least 4 members (excludes halogenated alkanes) is 5. The largest absolute Gasteiger partial charge is 0.457 e. The highest BCUT2D eigenvalue weighted by atomic mass is 32.3. The summed E-state index contributed by atoms with van der Waals surface area (Å²) in [5.74, 6) is -0.495. The molecule has 0 aromatic carbocycles. The van der Waals surface area contributed by atoms with Crippen LogP contribution in [0.2, 0.25) is 0 Å². The summed E-state index contributed by atoms with van der Waals surface area (Å²) >= 11 is 0. The van der Waals surface area contributed by atoms with Crippen molar-refractivity contribution in [2.75, 3.05) is 26.4 Å². The van der Waals surface area contributed by atoms with E-state index in [4.69, 9.17) is 18.9 Å². The molecule has 1 aliphatic rings. The van der Waals surface area contributed by atoms with Gasteiger partial charge in [-0.15, -0.1) is 0 Å². The van der Waals surface area contributed by atoms with Gasteiger partial charge in [-0.25, -0.2) is 4.18 Å². The Labute approximate surface area is 422 Å². The second-order valence-corrected chi connectivity index (χ2v) is 17.7. The third-order valence-corrected chi connectivity index (χ3v) is 10.9. The van der Waals surface area contributed by atoms with Crippen LogP contribution in [-0.2, 0) is 38.3 Å². The number of allylic oxidation sites excluding steroid dienone is 24. The van der Waals surface area contributed by atoms with Gasteiger partial charge in [0.05, 0.1) is 19.8 Å². The molecule has 6 unspecified atom stereocenters. The van der Waals surface area contributed by atoms with E-state index in [-0.39, 0.29) is 19.6 Å². The molecule has 4 N–H and O–H groups in total. The molecular formula is C57H88O12S. The molecule has 0 aromatic heterocycles. The molecule has 1 aliphatic heterocycles. The lowest BCUT2D eigenvalue weighted by molar-refractivity contribution is -0.301. The maximum Gasteiger partial charge on any atom is 0.397 e. The van der Waals surface area contributed by atoms with Gasteiger partial charge in [0.2, 0.25) is 0 Å². The lowest BCUT2D eigenvalue weighted by Gasteiger charge is -2.41. The van der Waals surface area contributed by atoms with E-state index in [1.54, 1.807) is 0 Å². The van der Waals surface area contributed by atoms with Gasteiger partial charge in [0.15, 0.2) is 6.29 Å². The second-order valence-electron chi connectivity index (χ2n) is 16.6. The fourth-order valence-electron chi connectivity index (χ4n) is 6.70. The molecule has 1 saturated heterocycles. The smallest absolute Gasteiger partial charge is 0.397 e. The molecule has 0 saturated carbocycles. The van der Waals surface area contributed by atoms with Gasteiger partial charge in [-0.1, -0.05) is 179 Å². The lowest BCUT2D eigenvalue weighted by atomic mass is 9.99. The molecule has 12 nitrogen and oxygen atoms in total. The highest BCUT2D eigenvalue weighted by Gasteiger charge is 2.48. The van der Waals surface area contributed by atoms with Crippen molar-refractivity contribution in [3.05, 3.63) is 146 Å². The molecule has 1 heterocycles. The quantitative estimate of drug-likeness (QED) is 0.0197. The van der Waals surface area contributed by atoms with E-state index in [9.17, 15) is 33.1 Å². The Morgan fingerprint density at radius 3 is 1.37 bits per heavy atom. The zero-order valence-electron chi connectivity index (χ0n) is 42.3. The first-order valence-electron chi connectivity index (χ1n) is 25.6. The highest BCUT2D eigenvalue weighted by molar-refractivity contribution is 7.80. The Balaban J connectivity index is 2.45. The number of hydrogen-bond donors (Lipinski definition) is 4. The number of aliphatic hydroxyl groups excluding tert-OH is 3. The third-order valence-electron chi connectivity index (χ3n) is 10.5. The van der Waals surface area contributed by atoms with E-state index < -0.39 is 59.8 Å². The number of carbonyl (C=O) groups excluding carboxylic acids is 1. The predicted octanol–water partition coefficient (Wildman–Crippen LogP) is 12.1. The number of carbonyl (C=O) groups is 1. The lowest BCUT2D eigenvalue weighted by Crippen LogP contribution is -2.60. The van der Waals surface area contributed by atoms with Crippen molar-refractivity contribution in [1.82, 2.24) is 0 Å². The first-order chi connectivity index (χ1) is 34.1. The summed E-state index contributed by atoms with van der Waals surface area (Å²) in [6.07, 6.45) is 60.3. The fraction of sp³-hybridized carbons (Fsp3) is 0.561. The van der Waals surface area contributed by atoms with Gasteiger partial charge < -0.3 is 34.3 Å². The van der Waals surface area contributed by atoms with Crippen LogP contribution >= 0.6 is 0 Å². The van der Waals surface area contributed by atoms with Gasteiger partial charge >= 0.3 is 16.4 Å². The van der Waals surface area contributed by atoms with E-state index in [1.165, 1.54) is 0 Å². The minimum Gasteiger partial charge on any atom is -0.457 e. The predicted molar refractivity (Wildman–Crippen MR) is 284 cm³/mol. The molecule has 394 valence electrons. The molecule has 70 heavy (non-hydrogen) atoms. The maximum atomic E-state index is 12.9. The normalized spacial score (nSPS) is 20.3. The van der Waals surface area contributed by atoms with E-state index in [0.717, 1.165) is 116 Å². The minimum atomic E-state index is -5.09. The Kier molecular flexibility index (Phi) is 42.1. The Morgan fingerprint density at radius 1 is 0.543 bits per heavy atom. The van der Waals surface area contributed by atoms with Crippen molar-refractivity contribution in [2.24, 2.45) is 0 Å². The van der Waals surface area contributed by atoms with Crippen LogP contribution in [-0.4, -0.2) is 97.5 Å². The van der Waals surface area contributed by atoms with Crippen LogP contribution in [0.25, 0.3) is 0 Å². The zero-order valence-corrected chi connectivity index (χ0v) is 43.1. The molecule has 0 bridgehead atoms. The molecule has 0 spiro atoms. The van der Waals surface area contributed by atoms with E-state index >= 15 is 0 Å². The second kappa shape index (κ2) is 46.1. The van der Waals surface area contributed by atoms with Crippen LogP contribution in [0.15, 0.2) is 146 Å². The zero-order chi connectivity index (χ0) is 51.0. The summed E-state index contributed by atoms with van der Waals surface area (Å²) in [6, 6.07) is 0. The summed E-state index contributed by atoms with van der Waals surface area (Å²) in [7, 11) is -5.09. The molecule has 1 fully saturated rings. The van der Waals surface area contributed by atoms with Crippen LogP contribution < -0.4 is 0 Å². The molecule has 0 radical (unpaired) electrons. The first-order valence-corrected chi connectivity index (χ1v) is 27.0. The fourth-order valence-corrected chi connectivity index (χ4v) is 7.21. The molecule has 0 aliphatic carbocycles. The summed E-state index contributed by atoms with van der Waals surface area (Å²) in [6.45, 7) is 3.59. The number of rotatable bonds is 42. The summed E-state index contributed by atoms with van der Waals surface area (Å²) in [5.41, 5.74) is 0. The molecule has 6 atom stereocenters. The van der Waals surface area contributed by atoms with Gasteiger partial charge in [-0.2, -0.15) is 8.42 Å². The van der Waals surface area contributed by atoms with Gasteiger partial charge in [0.1, 0.15) is 30.5 Å². The SMILES string of the molecule is CC/C=C\C/C=C\C/C=C\C/C=C\C/C=C\C/C=C\CCCCCCCOCC(COC1OC(CO)C(O)C(OS(=O)(=O)O)C1O)OC(=O)CC/C=C\C/C=C\C/C=C\C/C=C\C/C=C\C/C=C\CC. The van der Waals surface area contributed by atoms with Gasteiger partial charge in [-0.3, -0.25) is 9.35 Å². The van der Waals surface area contributed by atoms with Crippen LogP contribution in [0.4, 0.5) is 0 Å². The number of aliphatic hydroxyl groups is 3. The van der Waals surface area contributed by atoms with Crippen LogP contribution in [0.5, 0.6) is 0 Å². The topological polar surface area (TPSA) is 178 Å². The summed E-state index contributed by atoms with van der Waals surface area (Å²) in [4.78, 5) is 12.9. The standard InChI is InChI=1S/C57H88O12S/c1-3-5-7-9-11-13-15-17-19-21-23-24-25-26-27-29-31-33-35-37-39-41-43-45-47-65-49-51(50-66-57-55(61)56(69-70(62,63)64)54(60)52(48-58)68-57)67-53(59)46-44-42-40-38-36-34-32-30-28-22-20-18-16-14-12-10-8-6-4-2/h5-8,11-14,17-20,23-24,26-28,30-31,33-34,36,40,42,51-52,54-58,60-61H,3-4,9-10,15-16,21-22,25,29,32,35,37-39,41,43-50H2,1-2H3,(H,62,63,64)/b7-5-,8-6-,13-11-,14-12-,19-17-,20-18-,24-23-,27-26-,30-28-,33-31-,36-34-,42-40-. The van der Waals surface area contributed by atoms with Gasteiger partial charge in [0, 0.05) is 13.0 Å². The Bertz CT molecular complexity index is 1770. The summed E-state index contributed by atoms with van der Waals surface area (Å²) in [5, 5.41) is 30.8. The van der Waals surface area contributed by atoms with Crippen LogP contribution in [0.1, 0.15) is 142 Å². The van der Waals surface area contributed by atoms with Gasteiger partial charge in [0.25, 0.3) is 0 Å². The monoisotopic (exact) mass is 997 g/mol. The van der Waals surface area contributed by atoms with Crippen molar-refractivity contribution >= 4 is 16.4 Å². The van der Waals surface area contributed by atoms with E-state index in [2.05, 4.69) is 152 Å². The average Bonchev–Trinajstić information content (AvgIpc) is 3.34. The Morgan fingerprint density at radius 2 is 0.943 bits per heavy atom. The van der Waals surface area contributed by atoms with Crippen molar-refractivity contribution in [3.63, 3.8) is 0 Å². The molecule has 0 aromatic rings. The molecule has 0 amide bonds. The van der Waals surface area contributed by atoms with E-state index in [0.29, 0.717) is 13.0 Å². The van der Waals surface area contributed by atoms with Gasteiger partial charge in [-0.05, 0) is 103 Å². The molecule has 1 rings (SSSR count). The highest BCUT2D eigenvalue weighted by Crippen LogP contribution is 2.26. The Hall–Kier alpha value is -4.02. The van der Waals surface area contributed by atoms with Crippen molar-refractivity contribution in [1.29, 1.82) is 0 Å².